The Morgan fingerprint density at radius 2 is 1.81 bits per heavy atom. The van der Waals surface area contributed by atoms with E-state index < -0.39 is 0 Å². The van der Waals surface area contributed by atoms with Crippen molar-refractivity contribution in [3.8, 4) is 0 Å². The Labute approximate surface area is 190 Å². The summed E-state index contributed by atoms with van der Waals surface area (Å²) in [5.41, 5.74) is 9.43. The van der Waals surface area contributed by atoms with Crippen LogP contribution in [0.25, 0.3) is 0 Å². The van der Waals surface area contributed by atoms with Gasteiger partial charge in [-0.05, 0) is 37.3 Å². The van der Waals surface area contributed by atoms with Gasteiger partial charge in [-0.15, -0.1) is 0 Å². The van der Waals surface area contributed by atoms with Crippen LogP contribution in [0.3, 0.4) is 0 Å². The number of aryl methyl sites for hydroxylation is 1. The third-order valence-corrected chi connectivity index (χ3v) is 5.16. The Hall–Kier alpha value is -3.16. The van der Waals surface area contributed by atoms with E-state index in [1.54, 1.807) is 0 Å². The van der Waals surface area contributed by atoms with E-state index in [9.17, 15) is 9.59 Å². The topological polar surface area (TPSA) is 119 Å². The molecule has 0 bridgehead atoms. The number of nitrogens with one attached hydrogen (secondary N) is 2. The van der Waals surface area contributed by atoms with Crippen LogP contribution < -0.4 is 16.4 Å². The number of ether oxygens (including phenoxy) is 1. The van der Waals surface area contributed by atoms with Gasteiger partial charge in [0.25, 0.3) is 0 Å². The summed E-state index contributed by atoms with van der Waals surface area (Å²) in [5, 5.41) is 6.35. The van der Waals surface area contributed by atoms with Gasteiger partial charge < -0.3 is 21.1 Å². The number of anilines is 2. The van der Waals surface area contributed by atoms with Gasteiger partial charge in [0.1, 0.15) is 5.82 Å². The Balaban J connectivity index is 1.83. The van der Waals surface area contributed by atoms with E-state index in [0.29, 0.717) is 6.54 Å². The molecule has 1 amide bonds. The molecular formula is C24H35N5O3. The van der Waals surface area contributed by atoms with Crippen molar-refractivity contribution in [2.45, 2.75) is 58.8 Å². The SMILES string of the molecule is CCCCCNc1nc(N)nc(C)c1CCCNC(=O)Cc1cccc(CC(=O)OC)c1. The van der Waals surface area contributed by atoms with Gasteiger partial charge in [0, 0.05) is 24.3 Å². The van der Waals surface area contributed by atoms with Gasteiger partial charge in [0.05, 0.1) is 20.0 Å². The van der Waals surface area contributed by atoms with Crippen LogP contribution in [0.4, 0.5) is 11.8 Å². The average Bonchev–Trinajstić information content (AvgIpc) is 2.75. The Morgan fingerprint density at radius 3 is 2.53 bits per heavy atom. The number of carbonyl (C=O) groups is 2. The van der Waals surface area contributed by atoms with Gasteiger partial charge >= 0.3 is 5.97 Å². The fourth-order valence-corrected chi connectivity index (χ4v) is 3.47. The molecule has 4 N–H and O–H groups in total. The zero-order valence-corrected chi connectivity index (χ0v) is 19.4. The molecule has 0 radical (unpaired) electrons. The molecular weight excluding hydrogens is 406 g/mol. The van der Waals surface area contributed by atoms with Crippen LogP contribution in [0.1, 0.15) is 55.0 Å². The number of hydrogen-bond acceptors (Lipinski definition) is 7. The van der Waals surface area contributed by atoms with E-state index in [1.807, 2.05) is 31.2 Å². The first kappa shape index (κ1) is 25.1. The van der Waals surface area contributed by atoms with Crippen LogP contribution in [-0.4, -0.2) is 42.0 Å². The fourth-order valence-electron chi connectivity index (χ4n) is 3.47. The van der Waals surface area contributed by atoms with E-state index in [-0.39, 0.29) is 30.7 Å². The van der Waals surface area contributed by atoms with Crippen molar-refractivity contribution in [2.24, 2.45) is 0 Å². The lowest BCUT2D eigenvalue weighted by atomic mass is 10.1. The monoisotopic (exact) mass is 441 g/mol. The largest absolute Gasteiger partial charge is 0.469 e. The number of esters is 1. The highest BCUT2D eigenvalue weighted by Crippen LogP contribution is 2.19. The highest BCUT2D eigenvalue weighted by molar-refractivity contribution is 5.78. The second-order valence-corrected chi connectivity index (χ2v) is 7.83. The van der Waals surface area contributed by atoms with Crippen LogP contribution in [-0.2, 0) is 33.6 Å². The number of nitrogen functional groups attached to an aromatic ring is 1. The van der Waals surface area contributed by atoms with Crippen molar-refractivity contribution < 1.29 is 14.3 Å². The normalized spacial score (nSPS) is 10.6. The standard InChI is InChI=1S/C24H35N5O3/c1-4-5-6-12-27-23-20(17(2)28-24(25)29-23)11-8-13-26-21(30)15-18-9-7-10-19(14-18)16-22(31)32-3/h7,9-10,14H,4-6,8,11-13,15-16H2,1-3H3,(H,26,30)(H3,25,27,28,29). The summed E-state index contributed by atoms with van der Waals surface area (Å²) in [6, 6.07) is 7.44. The molecule has 0 saturated heterocycles. The summed E-state index contributed by atoms with van der Waals surface area (Å²) in [6.45, 7) is 5.51. The maximum atomic E-state index is 12.3. The third kappa shape index (κ3) is 8.53. The molecule has 0 aliphatic carbocycles. The first-order chi connectivity index (χ1) is 15.4. The number of amides is 1. The van der Waals surface area contributed by atoms with Crippen molar-refractivity contribution in [1.82, 2.24) is 15.3 Å². The van der Waals surface area contributed by atoms with Gasteiger partial charge in [0.2, 0.25) is 11.9 Å². The lowest BCUT2D eigenvalue weighted by molar-refractivity contribution is -0.139. The molecule has 174 valence electrons. The van der Waals surface area contributed by atoms with Gasteiger partial charge in [-0.2, -0.15) is 4.98 Å². The number of benzene rings is 1. The van der Waals surface area contributed by atoms with Gasteiger partial charge in [-0.25, -0.2) is 4.98 Å². The zero-order chi connectivity index (χ0) is 23.3. The average molecular weight is 442 g/mol. The number of methoxy groups -OCH3 is 1. The Morgan fingerprint density at radius 1 is 1.06 bits per heavy atom. The minimum Gasteiger partial charge on any atom is -0.469 e. The molecule has 0 unspecified atom stereocenters. The smallest absolute Gasteiger partial charge is 0.309 e. The van der Waals surface area contributed by atoms with E-state index >= 15 is 0 Å². The van der Waals surface area contributed by atoms with Gasteiger partial charge in [0.15, 0.2) is 0 Å². The first-order valence-electron chi connectivity index (χ1n) is 11.2. The summed E-state index contributed by atoms with van der Waals surface area (Å²) in [5.74, 6) is 0.711. The van der Waals surface area contributed by atoms with Crippen molar-refractivity contribution in [1.29, 1.82) is 0 Å². The molecule has 0 fully saturated rings. The van der Waals surface area contributed by atoms with Crippen LogP contribution in [0.2, 0.25) is 0 Å². The molecule has 2 rings (SSSR count). The number of aromatic nitrogens is 2. The number of rotatable bonds is 13. The number of carbonyl (C=O) groups excluding carboxylic acids is 2. The highest BCUT2D eigenvalue weighted by Gasteiger charge is 2.11. The molecule has 0 aliphatic heterocycles. The lowest BCUT2D eigenvalue weighted by Crippen LogP contribution is -2.26. The van der Waals surface area contributed by atoms with E-state index in [1.165, 1.54) is 13.5 Å². The number of unbranched alkanes of at least 4 members (excludes halogenated alkanes) is 2. The van der Waals surface area contributed by atoms with Gasteiger partial charge in [-0.1, -0.05) is 44.0 Å². The summed E-state index contributed by atoms with van der Waals surface area (Å²) in [6.07, 6.45) is 5.39. The lowest BCUT2D eigenvalue weighted by Gasteiger charge is -2.14. The van der Waals surface area contributed by atoms with Crippen molar-refractivity contribution in [2.75, 3.05) is 31.2 Å². The predicted octanol–water partition coefficient (Wildman–Crippen LogP) is 2.98. The molecule has 0 atom stereocenters. The third-order valence-electron chi connectivity index (χ3n) is 5.16. The molecule has 1 heterocycles. The zero-order valence-electron chi connectivity index (χ0n) is 19.4. The summed E-state index contributed by atoms with van der Waals surface area (Å²) in [7, 11) is 1.36. The van der Waals surface area contributed by atoms with Crippen molar-refractivity contribution in [3.05, 3.63) is 46.6 Å². The minimum absolute atomic E-state index is 0.0524. The van der Waals surface area contributed by atoms with E-state index in [2.05, 4.69) is 27.5 Å². The molecule has 0 saturated carbocycles. The van der Waals surface area contributed by atoms with Crippen LogP contribution in [0.5, 0.6) is 0 Å². The van der Waals surface area contributed by atoms with Crippen LogP contribution in [0, 0.1) is 6.92 Å². The molecule has 0 spiro atoms. The van der Waals surface area contributed by atoms with E-state index in [4.69, 9.17) is 10.5 Å². The first-order valence-corrected chi connectivity index (χ1v) is 11.2. The predicted molar refractivity (Wildman–Crippen MR) is 126 cm³/mol. The molecule has 8 heteroatoms. The molecule has 1 aromatic heterocycles. The molecule has 2 aromatic rings. The summed E-state index contributed by atoms with van der Waals surface area (Å²) in [4.78, 5) is 32.4. The second kappa shape index (κ2) is 13.3. The molecule has 1 aromatic carbocycles. The van der Waals surface area contributed by atoms with Crippen molar-refractivity contribution >= 4 is 23.6 Å². The minimum atomic E-state index is -0.298. The van der Waals surface area contributed by atoms with Gasteiger partial charge in [-0.3, -0.25) is 9.59 Å². The van der Waals surface area contributed by atoms with Crippen molar-refractivity contribution in [3.63, 3.8) is 0 Å². The second-order valence-electron chi connectivity index (χ2n) is 7.83. The fraction of sp³-hybridized carbons (Fsp3) is 0.500. The maximum Gasteiger partial charge on any atom is 0.309 e. The molecule has 32 heavy (non-hydrogen) atoms. The Kier molecular flexibility index (Phi) is 10.4. The van der Waals surface area contributed by atoms with Crippen LogP contribution >= 0.6 is 0 Å². The number of nitrogens with zero attached hydrogens (tertiary/aromatic N) is 2. The highest BCUT2D eigenvalue weighted by atomic mass is 16.5. The number of hydrogen-bond donors (Lipinski definition) is 3. The maximum absolute atomic E-state index is 12.3. The van der Waals surface area contributed by atoms with E-state index in [0.717, 1.165) is 60.4 Å². The molecule has 8 nitrogen and oxygen atoms in total. The summed E-state index contributed by atoms with van der Waals surface area (Å²) >= 11 is 0. The Bertz CT molecular complexity index is 901. The molecule has 0 aliphatic rings. The number of nitrogens with two attached hydrogens (primary N) is 1. The summed E-state index contributed by atoms with van der Waals surface area (Å²) < 4.78 is 4.69. The van der Waals surface area contributed by atoms with Crippen LogP contribution in [0.15, 0.2) is 24.3 Å². The quantitative estimate of drug-likeness (QED) is 0.323.